The monoisotopic (exact) mass is 220 g/mol. The van der Waals surface area contributed by atoms with Crippen molar-refractivity contribution in [2.45, 2.75) is 0 Å². The van der Waals surface area contributed by atoms with Crippen molar-refractivity contribution in [2.24, 2.45) is 0 Å². The molecule has 0 fully saturated rings. The SMILES string of the molecule is COC(=O)c1ccccc1-n1nn[nH]c1=O. The summed E-state index contributed by atoms with van der Waals surface area (Å²) in [5, 5.41) is 9.05. The molecule has 0 aliphatic carbocycles. The number of nitrogens with zero attached hydrogens (tertiary/aromatic N) is 3. The summed E-state index contributed by atoms with van der Waals surface area (Å²) in [4.78, 5) is 22.8. The molecule has 0 aliphatic heterocycles. The van der Waals surface area contributed by atoms with Crippen LogP contribution in [0, 0.1) is 0 Å². The maximum Gasteiger partial charge on any atom is 0.365 e. The van der Waals surface area contributed by atoms with Gasteiger partial charge in [-0.1, -0.05) is 12.1 Å². The van der Waals surface area contributed by atoms with Crippen LogP contribution in [-0.4, -0.2) is 33.3 Å². The highest BCUT2D eigenvalue weighted by Gasteiger charge is 2.14. The van der Waals surface area contributed by atoms with Gasteiger partial charge in [-0.15, -0.1) is 0 Å². The Morgan fingerprint density at radius 1 is 1.44 bits per heavy atom. The zero-order chi connectivity index (χ0) is 11.5. The number of rotatable bonds is 2. The van der Waals surface area contributed by atoms with E-state index in [9.17, 15) is 9.59 Å². The lowest BCUT2D eigenvalue weighted by Gasteiger charge is -2.04. The van der Waals surface area contributed by atoms with Gasteiger partial charge in [0.1, 0.15) is 0 Å². The van der Waals surface area contributed by atoms with Gasteiger partial charge >= 0.3 is 11.7 Å². The van der Waals surface area contributed by atoms with Gasteiger partial charge in [0.25, 0.3) is 0 Å². The van der Waals surface area contributed by atoms with Crippen LogP contribution in [0.5, 0.6) is 0 Å². The molecule has 1 heterocycles. The fraction of sp³-hybridized carbons (Fsp3) is 0.111. The van der Waals surface area contributed by atoms with Crippen molar-refractivity contribution < 1.29 is 9.53 Å². The Hall–Kier alpha value is -2.44. The molecule has 0 saturated carbocycles. The molecule has 82 valence electrons. The first-order valence-electron chi connectivity index (χ1n) is 4.42. The molecule has 0 bridgehead atoms. The number of para-hydroxylation sites is 1. The molecule has 2 aromatic rings. The van der Waals surface area contributed by atoms with Gasteiger partial charge in [0, 0.05) is 0 Å². The van der Waals surface area contributed by atoms with E-state index in [1.807, 2.05) is 0 Å². The standard InChI is InChI=1S/C9H8N4O3/c1-16-8(14)6-4-2-3-5-7(6)13-9(15)10-11-12-13/h2-5H,1H3,(H,10,12,15). The van der Waals surface area contributed by atoms with E-state index in [-0.39, 0.29) is 5.56 Å². The van der Waals surface area contributed by atoms with Gasteiger partial charge in [0.2, 0.25) is 0 Å². The first-order valence-corrected chi connectivity index (χ1v) is 4.42. The third-order valence-electron chi connectivity index (χ3n) is 2.01. The van der Waals surface area contributed by atoms with Crippen LogP contribution in [-0.2, 0) is 4.74 Å². The minimum Gasteiger partial charge on any atom is -0.465 e. The lowest BCUT2D eigenvalue weighted by molar-refractivity contribution is 0.0600. The summed E-state index contributed by atoms with van der Waals surface area (Å²) in [5.74, 6) is -0.537. The van der Waals surface area contributed by atoms with E-state index < -0.39 is 11.7 Å². The normalized spacial score (nSPS) is 10.1. The van der Waals surface area contributed by atoms with Crippen LogP contribution in [0.2, 0.25) is 0 Å². The summed E-state index contributed by atoms with van der Waals surface area (Å²) in [7, 11) is 1.27. The number of carbonyl (C=O) groups is 1. The quantitative estimate of drug-likeness (QED) is 0.704. The van der Waals surface area contributed by atoms with Crippen LogP contribution in [0.1, 0.15) is 10.4 Å². The number of tetrazole rings is 1. The lowest BCUT2D eigenvalue weighted by atomic mass is 10.2. The molecule has 0 unspecified atom stereocenters. The van der Waals surface area contributed by atoms with Crippen molar-refractivity contribution in [3.63, 3.8) is 0 Å². The summed E-state index contributed by atoms with van der Waals surface area (Å²) < 4.78 is 5.59. The largest absolute Gasteiger partial charge is 0.465 e. The molecule has 2 rings (SSSR count). The Kier molecular flexibility index (Phi) is 2.50. The van der Waals surface area contributed by atoms with E-state index in [0.29, 0.717) is 5.69 Å². The molecular weight excluding hydrogens is 212 g/mol. The van der Waals surface area contributed by atoms with Crippen LogP contribution >= 0.6 is 0 Å². The second kappa shape index (κ2) is 3.97. The summed E-state index contributed by atoms with van der Waals surface area (Å²) in [5.41, 5.74) is 0.0606. The van der Waals surface area contributed by atoms with Gasteiger partial charge in [-0.2, -0.15) is 4.68 Å². The van der Waals surface area contributed by atoms with Gasteiger partial charge in [-0.3, -0.25) is 0 Å². The summed E-state index contributed by atoms with van der Waals surface area (Å²) in [6.45, 7) is 0. The summed E-state index contributed by atoms with van der Waals surface area (Å²) >= 11 is 0. The summed E-state index contributed by atoms with van der Waals surface area (Å²) in [6.07, 6.45) is 0. The molecule has 1 aromatic heterocycles. The number of aromatic amines is 1. The van der Waals surface area contributed by atoms with E-state index in [0.717, 1.165) is 4.68 Å². The van der Waals surface area contributed by atoms with Crippen LogP contribution < -0.4 is 5.69 Å². The number of H-pyrrole nitrogens is 1. The minimum absolute atomic E-state index is 0.251. The Morgan fingerprint density at radius 2 is 2.19 bits per heavy atom. The number of aromatic nitrogens is 4. The van der Waals surface area contributed by atoms with Gasteiger partial charge in [-0.05, 0) is 22.6 Å². The average Bonchev–Trinajstić information content (AvgIpc) is 2.74. The van der Waals surface area contributed by atoms with Crippen molar-refractivity contribution in [3.8, 4) is 5.69 Å². The number of benzene rings is 1. The van der Waals surface area contributed by atoms with E-state index in [2.05, 4.69) is 20.3 Å². The predicted molar refractivity (Wildman–Crippen MR) is 53.3 cm³/mol. The van der Waals surface area contributed by atoms with Crippen molar-refractivity contribution in [3.05, 3.63) is 40.3 Å². The van der Waals surface area contributed by atoms with Crippen LogP contribution in [0.25, 0.3) is 5.69 Å². The fourth-order valence-corrected chi connectivity index (χ4v) is 1.30. The molecule has 7 heteroatoms. The van der Waals surface area contributed by atoms with Crippen molar-refractivity contribution in [2.75, 3.05) is 7.11 Å². The molecule has 16 heavy (non-hydrogen) atoms. The molecule has 0 saturated heterocycles. The Balaban J connectivity index is 2.62. The van der Waals surface area contributed by atoms with E-state index in [4.69, 9.17) is 0 Å². The van der Waals surface area contributed by atoms with Crippen LogP contribution in [0.15, 0.2) is 29.1 Å². The zero-order valence-electron chi connectivity index (χ0n) is 8.38. The van der Waals surface area contributed by atoms with E-state index in [1.54, 1.807) is 24.3 Å². The second-order valence-electron chi connectivity index (χ2n) is 2.93. The number of carbonyl (C=O) groups excluding carboxylic acids is 1. The number of hydrogen-bond donors (Lipinski definition) is 1. The number of methoxy groups -OCH3 is 1. The lowest BCUT2D eigenvalue weighted by Crippen LogP contribution is -2.19. The summed E-state index contributed by atoms with van der Waals surface area (Å²) in [6, 6.07) is 6.47. The zero-order valence-corrected chi connectivity index (χ0v) is 8.38. The third kappa shape index (κ3) is 1.58. The molecule has 1 aromatic carbocycles. The maximum absolute atomic E-state index is 11.4. The van der Waals surface area contributed by atoms with Crippen LogP contribution in [0.4, 0.5) is 0 Å². The Labute approximate surface area is 89.6 Å². The van der Waals surface area contributed by atoms with Crippen molar-refractivity contribution >= 4 is 5.97 Å². The molecule has 0 radical (unpaired) electrons. The number of nitrogens with one attached hydrogen (secondary N) is 1. The van der Waals surface area contributed by atoms with Crippen molar-refractivity contribution in [1.29, 1.82) is 0 Å². The van der Waals surface area contributed by atoms with E-state index in [1.165, 1.54) is 7.11 Å². The Morgan fingerprint density at radius 3 is 2.81 bits per heavy atom. The smallest absolute Gasteiger partial charge is 0.365 e. The first-order chi connectivity index (χ1) is 7.74. The first kappa shape index (κ1) is 10.1. The minimum atomic E-state index is -0.537. The van der Waals surface area contributed by atoms with Gasteiger partial charge in [0.05, 0.1) is 18.4 Å². The molecule has 1 N–H and O–H groups in total. The molecule has 0 amide bonds. The Bertz CT molecular complexity index is 572. The van der Waals surface area contributed by atoms with Crippen LogP contribution in [0.3, 0.4) is 0 Å². The molecule has 0 aliphatic rings. The molecule has 0 spiro atoms. The van der Waals surface area contributed by atoms with Crippen molar-refractivity contribution in [1.82, 2.24) is 20.2 Å². The average molecular weight is 220 g/mol. The predicted octanol–water partition coefficient (Wildman–Crippen LogP) is -0.258. The molecule has 0 atom stereocenters. The number of hydrogen-bond acceptors (Lipinski definition) is 5. The second-order valence-corrected chi connectivity index (χ2v) is 2.93. The maximum atomic E-state index is 11.4. The van der Waals surface area contributed by atoms with Gasteiger partial charge in [0.15, 0.2) is 0 Å². The topological polar surface area (TPSA) is 89.9 Å². The fourth-order valence-electron chi connectivity index (χ4n) is 1.30. The molecular formula is C9H8N4O3. The van der Waals surface area contributed by atoms with E-state index >= 15 is 0 Å². The highest BCUT2D eigenvalue weighted by atomic mass is 16.5. The van der Waals surface area contributed by atoms with Gasteiger partial charge in [-0.25, -0.2) is 14.7 Å². The third-order valence-corrected chi connectivity index (χ3v) is 2.01. The van der Waals surface area contributed by atoms with Gasteiger partial charge < -0.3 is 4.74 Å². The number of ether oxygens (including phenoxy) is 1. The molecule has 7 nitrogen and oxygen atoms in total. The highest BCUT2D eigenvalue weighted by molar-refractivity contribution is 5.93. The number of esters is 1. The highest BCUT2D eigenvalue weighted by Crippen LogP contribution is 2.12.